The number of imide groups is 1. The zero-order chi connectivity index (χ0) is 21.3. The highest BCUT2D eigenvalue weighted by atomic mass is 16.5. The first kappa shape index (κ1) is 20.0. The molecule has 7 heteroatoms. The van der Waals surface area contributed by atoms with Gasteiger partial charge in [-0.2, -0.15) is 0 Å². The summed E-state index contributed by atoms with van der Waals surface area (Å²) in [5, 5.41) is 10.4. The molecule has 0 unspecified atom stereocenters. The van der Waals surface area contributed by atoms with Crippen LogP contribution in [0.2, 0.25) is 0 Å². The lowest BCUT2D eigenvalue weighted by Crippen LogP contribution is -2.46. The van der Waals surface area contributed by atoms with Crippen molar-refractivity contribution >= 4 is 28.8 Å². The maximum atomic E-state index is 13.0. The zero-order valence-corrected chi connectivity index (χ0v) is 17.2. The van der Waals surface area contributed by atoms with Gasteiger partial charge in [0.1, 0.15) is 5.75 Å². The normalized spacial score (nSPS) is 17.8. The fraction of sp³-hybridized carbons (Fsp3) is 0.304. The number of hydrogen-bond acceptors (Lipinski definition) is 6. The van der Waals surface area contributed by atoms with Gasteiger partial charge in [-0.05, 0) is 48.5 Å². The Morgan fingerprint density at radius 3 is 2.03 bits per heavy atom. The minimum absolute atomic E-state index is 0.00224. The van der Waals surface area contributed by atoms with Gasteiger partial charge >= 0.3 is 5.91 Å². The minimum atomic E-state index is -0.713. The maximum Gasteiger partial charge on any atom is 0.301 e. The second-order valence-electron chi connectivity index (χ2n) is 7.34. The number of nitrogens with zero attached hydrogens (tertiary/aromatic N) is 3. The molecule has 1 N–H and O–H groups in total. The average Bonchev–Trinajstić information content (AvgIpc) is 3.02. The Balaban J connectivity index is 1.53. The van der Waals surface area contributed by atoms with Crippen LogP contribution in [-0.2, 0) is 9.59 Å². The van der Waals surface area contributed by atoms with Crippen molar-refractivity contribution < 1.29 is 19.4 Å². The lowest BCUT2D eigenvalue weighted by Gasteiger charge is -2.35. The summed E-state index contributed by atoms with van der Waals surface area (Å²) in [5.74, 6) is -1.16. The molecule has 0 radical (unpaired) electrons. The molecule has 156 valence electrons. The number of piperazine rings is 1. The number of aliphatic hydroxyl groups is 1. The van der Waals surface area contributed by atoms with Crippen LogP contribution < -0.4 is 14.5 Å². The Morgan fingerprint density at radius 1 is 0.867 bits per heavy atom. The number of hydrogen-bond donors (Lipinski definition) is 1. The Labute approximate surface area is 175 Å². The van der Waals surface area contributed by atoms with Crippen molar-refractivity contribution in [3.05, 3.63) is 59.9 Å². The van der Waals surface area contributed by atoms with Crippen LogP contribution in [0.25, 0.3) is 5.57 Å². The molecule has 0 aliphatic carbocycles. The van der Waals surface area contributed by atoms with Crippen LogP contribution in [0, 0.1) is 0 Å². The predicted octanol–water partition coefficient (Wildman–Crippen LogP) is 2.68. The second kappa shape index (κ2) is 8.20. The summed E-state index contributed by atoms with van der Waals surface area (Å²) in [7, 11) is 1.55. The molecule has 2 amide bonds. The fourth-order valence-electron chi connectivity index (χ4n) is 3.91. The number of ether oxygens (including phenoxy) is 1. The second-order valence-corrected chi connectivity index (χ2v) is 7.34. The molecular weight excluding hydrogens is 382 g/mol. The van der Waals surface area contributed by atoms with E-state index in [0.29, 0.717) is 17.0 Å². The van der Waals surface area contributed by atoms with Crippen LogP contribution >= 0.6 is 0 Å². The molecule has 2 aromatic rings. The fourth-order valence-corrected chi connectivity index (χ4v) is 3.91. The molecule has 4 rings (SSSR count). The summed E-state index contributed by atoms with van der Waals surface area (Å²) >= 11 is 0. The topological polar surface area (TPSA) is 73.3 Å². The molecule has 2 aliphatic heterocycles. The molecule has 0 atom stereocenters. The lowest BCUT2D eigenvalue weighted by atomic mass is 10.1. The van der Waals surface area contributed by atoms with Crippen LogP contribution in [0.4, 0.5) is 11.4 Å². The predicted molar refractivity (Wildman–Crippen MR) is 116 cm³/mol. The van der Waals surface area contributed by atoms with Crippen LogP contribution in [0.15, 0.2) is 54.3 Å². The van der Waals surface area contributed by atoms with Crippen molar-refractivity contribution in [2.75, 3.05) is 49.6 Å². The average molecular weight is 407 g/mol. The smallest absolute Gasteiger partial charge is 0.301 e. The van der Waals surface area contributed by atoms with Gasteiger partial charge in [-0.25, -0.2) is 4.90 Å². The van der Waals surface area contributed by atoms with E-state index < -0.39 is 17.6 Å². The molecule has 30 heavy (non-hydrogen) atoms. The van der Waals surface area contributed by atoms with E-state index in [9.17, 15) is 14.7 Å². The molecule has 2 aliphatic rings. The Bertz CT molecular complexity index is 975. The molecule has 0 aromatic heterocycles. The first-order chi connectivity index (χ1) is 14.5. The first-order valence-electron chi connectivity index (χ1n) is 10.1. The third kappa shape index (κ3) is 3.52. The molecule has 0 bridgehead atoms. The molecular formula is C23H25N3O4. The van der Waals surface area contributed by atoms with Crippen molar-refractivity contribution in [3.8, 4) is 5.75 Å². The molecule has 1 saturated heterocycles. The van der Waals surface area contributed by atoms with Crippen molar-refractivity contribution in [3.63, 3.8) is 0 Å². The highest BCUT2D eigenvalue weighted by Gasteiger charge is 2.40. The SMILES string of the molecule is CCN1CCN(c2ccc(N3C(=O)C(O)=C(c4ccc(OC)cc4)C3=O)cc2)CC1. The summed E-state index contributed by atoms with van der Waals surface area (Å²) < 4.78 is 5.12. The summed E-state index contributed by atoms with van der Waals surface area (Å²) in [4.78, 5) is 31.3. The monoisotopic (exact) mass is 407 g/mol. The molecule has 2 aromatic carbocycles. The van der Waals surface area contributed by atoms with Crippen molar-refractivity contribution in [1.82, 2.24) is 4.90 Å². The highest BCUT2D eigenvalue weighted by molar-refractivity contribution is 6.44. The maximum absolute atomic E-state index is 13.0. The van der Waals surface area contributed by atoms with E-state index in [0.717, 1.165) is 43.3 Å². The number of carbonyl (C=O) groups excluding carboxylic acids is 2. The van der Waals surface area contributed by atoms with Gasteiger partial charge in [0.15, 0.2) is 5.76 Å². The number of rotatable bonds is 5. The van der Waals surface area contributed by atoms with Gasteiger partial charge in [0.2, 0.25) is 0 Å². The van der Waals surface area contributed by atoms with Gasteiger partial charge in [0, 0.05) is 31.9 Å². The number of amides is 2. The van der Waals surface area contributed by atoms with Gasteiger partial charge in [-0.3, -0.25) is 9.59 Å². The quantitative estimate of drug-likeness (QED) is 0.769. The van der Waals surface area contributed by atoms with Gasteiger partial charge in [-0.1, -0.05) is 19.1 Å². The molecule has 0 spiro atoms. The highest BCUT2D eigenvalue weighted by Crippen LogP contribution is 2.33. The minimum Gasteiger partial charge on any atom is -0.502 e. The molecule has 1 fully saturated rings. The van der Waals surface area contributed by atoms with Crippen LogP contribution in [0.3, 0.4) is 0 Å². The Hall–Kier alpha value is -3.32. The largest absolute Gasteiger partial charge is 0.502 e. The van der Waals surface area contributed by atoms with E-state index >= 15 is 0 Å². The van der Waals surface area contributed by atoms with E-state index in [-0.39, 0.29) is 5.57 Å². The Kier molecular flexibility index (Phi) is 5.46. The summed E-state index contributed by atoms with van der Waals surface area (Å²) in [6.45, 7) is 7.14. The standard InChI is InChI=1S/C23H25N3O4/c1-3-24-12-14-25(15-13-24)17-6-8-18(9-7-17)26-22(28)20(21(27)23(26)29)16-4-10-19(30-2)11-5-16/h4-11,27H,3,12-15H2,1-2H3. The van der Waals surface area contributed by atoms with E-state index in [4.69, 9.17) is 4.74 Å². The molecule has 0 saturated carbocycles. The molecule has 2 heterocycles. The van der Waals surface area contributed by atoms with Crippen LogP contribution in [0.1, 0.15) is 12.5 Å². The molecule has 7 nitrogen and oxygen atoms in total. The van der Waals surface area contributed by atoms with E-state index in [1.165, 1.54) is 0 Å². The van der Waals surface area contributed by atoms with Crippen LogP contribution in [-0.4, -0.2) is 61.7 Å². The van der Waals surface area contributed by atoms with Gasteiger partial charge in [0.25, 0.3) is 5.91 Å². The van der Waals surface area contributed by atoms with Crippen LogP contribution in [0.5, 0.6) is 5.75 Å². The van der Waals surface area contributed by atoms with Crippen molar-refractivity contribution in [1.29, 1.82) is 0 Å². The third-order valence-electron chi connectivity index (χ3n) is 5.73. The summed E-state index contributed by atoms with van der Waals surface area (Å²) in [6, 6.07) is 14.0. The number of aliphatic hydroxyl groups excluding tert-OH is 1. The lowest BCUT2D eigenvalue weighted by molar-refractivity contribution is -0.121. The van der Waals surface area contributed by atoms with Gasteiger partial charge in [0.05, 0.1) is 18.4 Å². The summed E-state index contributed by atoms with van der Waals surface area (Å²) in [5.41, 5.74) is 1.97. The summed E-state index contributed by atoms with van der Waals surface area (Å²) in [6.07, 6.45) is 0. The van der Waals surface area contributed by atoms with Crippen molar-refractivity contribution in [2.24, 2.45) is 0 Å². The van der Waals surface area contributed by atoms with Gasteiger partial charge in [-0.15, -0.1) is 0 Å². The Morgan fingerprint density at radius 2 is 1.47 bits per heavy atom. The number of methoxy groups -OCH3 is 1. The number of benzene rings is 2. The number of likely N-dealkylation sites (N-methyl/N-ethyl adjacent to an activating group) is 1. The van der Waals surface area contributed by atoms with E-state index in [1.807, 2.05) is 12.1 Å². The van der Waals surface area contributed by atoms with E-state index in [2.05, 4.69) is 16.7 Å². The van der Waals surface area contributed by atoms with Gasteiger partial charge < -0.3 is 19.6 Å². The zero-order valence-electron chi connectivity index (χ0n) is 17.2. The third-order valence-corrected chi connectivity index (χ3v) is 5.73. The first-order valence-corrected chi connectivity index (χ1v) is 10.1. The van der Waals surface area contributed by atoms with E-state index in [1.54, 1.807) is 43.5 Å². The number of carbonyl (C=O) groups is 2. The van der Waals surface area contributed by atoms with Crippen molar-refractivity contribution in [2.45, 2.75) is 6.92 Å². The number of anilines is 2.